The van der Waals surface area contributed by atoms with Gasteiger partial charge < -0.3 is 20.4 Å². The maximum Gasteiger partial charge on any atom is 0.242 e. The normalized spacial score (nSPS) is 11.0. The number of amides is 1. The van der Waals surface area contributed by atoms with E-state index in [9.17, 15) is 4.79 Å². The maximum absolute atomic E-state index is 11.8. The first kappa shape index (κ1) is 21.8. The molecular formula is C16H29IN4O2. The lowest BCUT2D eigenvalue weighted by molar-refractivity contribution is -0.119. The second kappa shape index (κ2) is 13.2. The molecule has 0 saturated carbocycles. The molecule has 23 heavy (non-hydrogen) atoms. The molecule has 0 aliphatic heterocycles. The molecule has 1 heterocycles. The first-order valence-corrected chi connectivity index (χ1v) is 7.93. The summed E-state index contributed by atoms with van der Waals surface area (Å²) in [5.74, 6) is 1.99. The van der Waals surface area contributed by atoms with Crippen molar-refractivity contribution in [3.05, 3.63) is 24.2 Å². The quantitative estimate of drug-likeness (QED) is 0.241. The van der Waals surface area contributed by atoms with Crippen molar-refractivity contribution in [2.45, 2.75) is 40.2 Å². The standard InChI is InChI=1S/C16H28N4O2.HI/c1-4-17-16(18-9-5-7-13(2)3)20-12-15(21)19-11-14-8-6-10-22-14;/h6,8,10,13H,4-5,7,9,11-12H2,1-3H3,(H,19,21)(H2,17,18,20);1H. The van der Waals surface area contributed by atoms with E-state index in [1.807, 2.05) is 13.0 Å². The van der Waals surface area contributed by atoms with Crippen LogP contribution >= 0.6 is 24.0 Å². The monoisotopic (exact) mass is 436 g/mol. The van der Waals surface area contributed by atoms with Gasteiger partial charge in [-0.15, -0.1) is 24.0 Å². The van der Waals surface area contributed by atoms with E-state index in [-0.39, 0.29) is 36.4 Å². The molecule has 0 saturated heterocycles. The molecule has 0 aliphatic carbocycles. The molecule has 1 amide bonds. The zero-order valence-corrected chi connectivity index (χ0v) is 16.6. The molecule has 0 spiro atoms. The van der Waals surface area contributed by atoms with Gasteiger partial charge in [0.25, 0.3) is 0 Å². The summed E-state index contributed by atoms with van der Waals surface area (Å²) >= 11 is 0. The summed E-state index contributed by atoms with van der Waals surface area (Å²) in [6, 6.07) is 3.62. The Bertz CT molecular complexity index is 447. The third kappa shape index (κ3) is 11.0. The minimum atomic E-state index is -0.129. The molecule has 1 aromatic heterocycles. The summed E-state index contributed by atoms with van der Waals surface area (Å²) in [6.45, 7) is 8.54. The number of rotatable bonds is 9. The van der Waals surface area contributed by atoms with Gasteiger partial charge in [-0.1, -0.05) is 13.8 Å². The van der Waals surface area contributed by atoms with Crippen molar-refractivity contribution in [3.63, 3.8) is 0 Å². The van der Waals surface area contributed by atoms with Gasteiger partial charge in [0.05, 0.1) is 12.8 Å². The highest BCUT2D eigenvalue weighted by molar-refractivity contribution is 14.0. The average molecular weight is 436 g/mol. The predicted molar refractivity (Wildman–Crippen MR) is 104 cm³/mol. The fraction of sp³-hybridized carbons (Fsp3) is 0.625. The van der Waals surface area contributed by atoms with Gasteiger partial charge in [-0.2, -0.15) is 0 Å². The van der Waals surface area contributed by atoms with Crippen molar-refractivity contribution in [1.29, 1.82) is 0 Å². The van der Waals surface area contributed by atoms with Crippen molar-refractivity contribution < 1.29 is 9.21 Å². The zero-order valence-electron chi connectivity index (χ0n) is 14.2. The molecule has 0 aliphatic rings. The van der Waals surface area contributed by atoms with Gasteiger partial charge >= 0.3 is 0 Å². The SMILES string of the molecule is CCNC(=NCC(=O)NCc1ccco1)NCCCC(C)C.I. The van der Waals surface area contributed by atoms with Crippen molar-refractivity contribution in [1.82, 2.24) is 16.0 Å². The fourth-order valence-electron chi connectivity index (χ4n) is 1.86. The van der Waals surface area contributed by atoms with Crippen LogP contribution in [0.1, 0.15) is 39.4 Å². The topological polar surface area (TPSA) is 78.7 Å². The summed E-state index contributed by atoms with van der Waals surface area (Å²) in [5.41, 5.74) is 0. The van der Waals surface area contributed by atoms with E-state index in [0.717, 1.165) is 25.3 Å². The second-order valence-corrected chi connectivity index (χ2v) is 5.51. The van der Waals surface area contributed by atoms with E-state index in [4.69, 9.17) is 4.42 Å². The Labute approximate surface area is 155 Å². The van der Waals surface area contributed by atoms with E-state index in [0.29, 0.717) is 18.4 Å². The third-order valence-electron chi connectivity index (χ3n) is 3.02. The van der Waals surface area contributed by atoms with Gasteiger partial charge in [0.2, 0.25) is 5.91 Å². The molecule has 0 atom stereocenters. The van der Waals surface area contributed by atoms with Crippen LogP contribution in [0.3, 0.4) is 0 Å². The molecule has 0 radical (unpaired) electrons. The highest BCUT2D eigenvalue weighted by atomic mass is 127. The minimum absolute atomic E-state index is 0. The Morgan fingerprint density at radius 3 is 2.70 bits per heavy atom. The van der Waals surface area contributed by atoms with E-state index < -0.39 is 0 Å². The maximum atomic E-state index is 11.8. The molecule has 0 aromatic carbocycles. The van der Waals surface area contributed by atoms with Gasteiger partial charge in [0.1, 0.15) is 12.3 Å². The van der Waals surface area contributed by atoms with Crippen LogP contribution in [0.2, 0.25) is 0 Å². The molecule has 0 fully saturated rings. The summed E-state index contributed by atoms with van der Waals surface area (Å²) in [7, 11) is 0. The number of guanidine groups is 1. The molecular weight excluding hydrogens is 407 g/mol. The Morgan fingerprint density at radius 2 is 2.09 bits per heavy atom. The van der Waals surface area contributed by atoms with Gasteiger partial charge in [-0.3, -0.25) is 4.79 Å². The van der Waals surface area contributed by atoms with E-state index >= 15 is 0 Å². The van der Waals surface area contributed by atoms with Crippen molar-refractivity contribution in [2.24, 2.45) is 10.9 Å². The van der Waals surface area contributed by atoms with Crippen LogP contribution in [0.25, 0.3) is 0 Å². The van der Waals surface area contributed by atoms with Crippen LogP contribution in [0.5, 0.6) is 0 Å². The Kier molecular flexibility index (Phi) is 12.5. The predicted octanol–water partition coefficient (Wildman–Crippen LogP) is 2.51. The van der Waals surface area contributed by atoms with Gasteiger partial charge in [-0.05, 0) is 37.8 Å². The van der Waals surface area contributed by atoms with Gasteiger partial charge in [-0.25, -0.2) is 4.99 Å². The Hall–Kier alpha value is -1.25. The van der Waals surface area contributed by atoms with Crippen LogP contribution in [0.15, 0.2) is 27.8 Å². The van der Waals surface area contributed by atoms with E-state index in [1.54, 1.807) is 12.3 Å². The summed E-state index contributed by atoms with van der Waals surface area (Å²) < 4.78 is 5.16. The molecule has 3 N–H and O–H groups in total. The minimum Gasteiger partial charge on any atom is -0.467 e. The molecule has 1 rings (SSSR count). The fourth-order valence-corrected chi connectivity index (χ4v) is 1.86. The van der Waals surface area contributed by atoms with Crippen molar-refractivity contribution in [3.8, 4) is 0 Å². The first-order chi connectivity index (χ1) is 10.6. The largest absolute Gasteiger partial charge is 0.467 e. The summed E-state index contributed by atoms with van der Waals surface area (Å²) in [6.07, 6.45) is 3.85. The first-order valence-electron chi connectivity index (χ1n) is 7.93. The third-order valence-corrected chi connectivity index (χ3v) is 3.02. The van der Waals surface area contributed by atoms with Crippen molar-refractivity contribution >= 4 is 35.8 Å². The summed E-state index contributed by atoms with van der Waals surface area (Å²) in [5, 5.41) is 9.15. The number of furan rings is 1. The summed E-state index contributed by atoms with van der Waals surface area (Å²) in [4.78, 5) is 16.0. The molecule has 6 nitrogen and oxygen atoms in total. The van der Waals surface area contributed by atoms with Gasteiger partial charge in [0, 0.05) is 13.1 Å². The van der Waals surface area contributed by atoms with E-state index in [2.05, 4.69) is 34.8 Å². The highest BCUT2D eigenvalue weighted by Crippen LogP contribution is 2.01. The number of nitrogens with one attached hydrogen (secondary N) is 3. The number of carbonyl (C=O) groups is 1. The number of hydrogen-bond acceptors (Lipinski definition) is 3. The number of nitrogens with zero attached hydrogens (tertiary/aromatic N) is 1. The lowest BCUT2D eigenvalue weighted by Crippen LogP contribution is -2.39. The lowest BCUT2D eigenvalue weighted by Gasteiger charge is -2.11. The average Bonchev–Trinajstić information content (AvgIpc) is 3.00. The van der Waals surface area contributed by atoms with Crippen LogP contribution < -0.4 is 16.0 Å². The van der Waals surface area contributed by atoms with Crippen LogP contribution in [-0.2, 0) is 11.3 Å². The van der Waals surface area contributed by atoms with E-state index in [1.165, 1.54) is 6.42 Å². The molecule has 1 aromatic rings. The van der Waals surface area contributed by atoms with Crippen LogP contribution in [0, 0.1) is 5.92 Å². The number of halogens is 1. The molecule has 0 unspecified atom stereocenters. The Morgan fingerprint density at radius 1 is 1.30 bits per heavy atom. The highest BCUT2D eigenvalue weighted by Gasteiger charge is 2.03. The van der Waals surface area contributed by atoms with Crippen LogP contribution in [-0.4, -0.2) is 31.5 Å². The molecule has 0 bridgehead atoms. The smallest absolute Gasteiger partial charge is 0.242 e. The van der Waals surface area contributed by atoms with Crippen LogP contribution in [0.4, 0.5) is 0 Å². The molecule has 132 valence electrons. The molecule has 7 heteroatoms. The zero-order chi connectivity index (χ0) is 16.2. The van der Waals surface area contributed by atoms with Crippen molar-refractivity contribution in [2.75, 3.05) is 19.6 Å². The lowest BCUT2D eigenvalue weighted by atomic mass is 10.1. The number of carbonyl (C=O) groups excluding carboxylic acids is 1. The number of aliphatic imine (C=N–C) groups is 1. The Balaban J connectivity index is 0.00000484. The number of hydrogen-bond donors (Lipinski definition) is 3. The second-order valence-electron chi connectivity index (χ2n) is 5.51. The van der Waals surface area contributed by atoms with Gasteiger partial charge in [0.15, 0.2) is 5.96 Å².